The summed E-state index contributed by atoms with van der Waals surface area (Å²) < 4.78 is 0.158. The Morgan fingerprint density at radius 2 is 1.53 bits per heavy atom. The minimum Gasteiger partial charge on any atom is -0.475 e. The maximum atomic E-state index is 12.4. The molecule has 0 heterocycles. The number of nitrogens with one attached hydrogen (secondary N) is 1. The van der Waals surface area contributed by atoms with Crippen molar-refractivity contribution in [1.82, 2.24) is 5.32 Å². The molecule has 0 aromatic rings. The van der Waals surface area contributed by atoms with Gasteiger partial charge in [-0.1, -0.05) is 70.9 Å². The number of unbranched alkanes of at least 4 members (excludes halogenated alkanes) is 8. The van der Waals surface area contributed by atoms with Crippen molar-refractivity contribution in [2.24, 2.45) is 0 Å². The molecule has 1 amide bonds. The van der Waals surface area contributed by atoms with Gasteiger partial charge in [-0.3, -0.25) is 14.6 Å². The van der Waals surface area contributed by atoms with E-state index in [2.05, 4.69) is 24.4 Å². The summed E-state index contributed by atoms with van der Waals surface area (Å²) >= 11 is 0. The van der Waals surface area contributed by atoms with Crippen LogP contribution in [0.2, 0.25) is 0 Å². The molecule has 0 aliphatic carbocycles. The van der Waals surface area contributed by atoms with Crippen molar-refractivity contribution in [2.75, 3.05) is 21.1 Å². The number of aliphatic hydroxyl groups is 1. The van der Waals surface area contributed by atoms with E-state index in [9.17, 15) is 19.8 Å². The van der Waals surface area contributed by atoms with Gasteiger partial charge < -0.3 is 10.2 Å². The van der Waals surface area contributed by atoms with Crippen molar-refractivity contribution in [3.05, 3.63) is 12.2 Å². The van der Waals surface area contributed by atoms with E-state index < -0.39 is 11.6 Å². The number of carbonyl (C=O) groups is 2. The summed E-state index contributed by atoms with van der Waals surface area (Å²) in [4.78, 5) is 24.4. The number of hydrogen-bond donors (Lipinski definition) is 3. The van der Waals surface area contributed by atoms with Crippen LogP contribution < -0.4 is 5.32 Å². The Balaban J connectivity index is 3.98. The van der Waals surface area contributed by atoms with Crippen molar-refractivity contribution < 1.29 is 24.3 Å². The first-order valence-corrected chi connectivity index (χ1v) is 12.8. The Bertz CT molecular complexity index is 542. The molecular weight excluding hydrogens is 404 g/mol. The average molecular weight is 456 g/mol. The fourth-order valence-corrected chi connectivity index (χ4v) is 4.04. The van der Waals surface area contributed by atoms with E-state index >= 15 is 0 Å². The molecule has 0 aliphatic heterocycles. The lowest BCUT2D eigenvalue weighted by atomic mass is 9.99. The number of allylic oxidation sites excluding steroid dienone is 1. The molecular formula is C26H51N2O4+. The number of hydrogen-bond acceptors (Lipinski definition) is 3. The van der Waals surface area contributed by atoms with Crippen LogP contribution in [0.5, 0.6) is 0 Å². The fraction of sp³-hybridized carbons (Fsp3) is 0.846. The second kappa shape index (κ2) is 17.1. The number of carboxylic acids is 1. The Hall–Kier alpha value is -1.40. The zero-order valence-electron chi connectivity index (χ0n) is 21.5. The third-order valence-corrected chi connectivity index (χ3v) is 6.20. The summed E-state index contributed by atoms with van der Waals surface area (Å²) in [5, 5.41) is 22.6. The number of aliphatic hydroxyl groups excluding tert-OH is 1. The highest BCUT2D eigenvalue weighted by Crippen LogP contribution is 2.23. The van der Waals surface area contributed by atoms with Crippen LogP contribution in [0.3, 0.4) is 0 Å². The van der Waals surface area contributed by atoms with Gasteiger partial charge in [-0.2, -0.15) is 0 Å². The summed E-state index contributed by atoms with van der Waals surface area (Å²) in [6, 6.07) is 0. The lowest BCUT2D eigenvalue weighted by Gasteiger charge is -2.43. The van der Waals surface area contributed by atoms with Crippen molar-refractivity contribution in [2.45, 2.75) is 122 Å². The van der Waals surface area contributed by atoms with E-state index in [0.29, 0.717) is 19.3 Å². The predicted molar refractivity (Wildman–Crippen MR) is 132 cm³/mol. The van der Waals surface area contributed by atoms with E-state index in [0.717, 1.165) is 57.8 Å². The van der Waals surface area contributed by atoms with Crippen molar-refractivity contribution in [1.29, 1.82) is 0 Å². The number of aliphatic carboxylic acids is 1. The average Bonchev–Trinajstić information content (AvgIpc) is 2.71. The monoisotopic (exact) mass is 455 g/mol. The van der Waals surface area contributed by atoms with E-state index in [-0.39, 0.29) is 16.5 Å². The number of nitrogens with zero attached hydrogens (tertiary/aromatic N) is 1. The molecule has 0 saturated heterocycles. The van der Waals surface area contributed by atoms with Gasteiger partial charge in [0.05, 0.1) is 27.2 Å². The number of carboxylic acid groups (broad SMARTS) is 1. The third-order valence-electron chi connectivity index (χ3n) is 6.20. The molecule has 0 radical (unpaired) electrons. The van der Waals surface area contributed by atoms with Crippen LogP contribution in [0.1, 0.15) is 110 Å². The lowest BCUT2D eigenvalue weighted by molar-refractivity contribution is -0.917. The topological polar surface area (TPSA) is 86.6 Å². The van der Waals surface area contributed by atoms with Gasteiger partial charge >= 0.3 is 5.97 Å². The van der Waals surface area contributed by atoms with Crippen molar-refractivity contribution >= 4 is 11.9 Å². The molecule has 32 heavy (non-hydrogen) atoms. The Morgan fingerprint density at radius 1 is 0.906 bits per heavy atom. The van der Waals surface area contributed by atoms with Gasteiger partial charge in [0.2, 0.25) is 5.91 Å². The number of quaternary nitrogens is 1. The van der Waals surface area contributed by atoms with Crippen LogP contribution in [0.4, 0.5) is 0 Å². The van der Waals surface area contributed by atoms with Gasteiger partial charge in [0, 0.05) is 12.8 Å². The number of likely N-dealkylation sites (N-methyl/N-ethyl adjacent to an activating group) is 1. The van der Waals surface area contributed by atoms with E-state index in [1.165, 1.54) is 19.3 Å². The smallest absolute Gasteiger partial charge is 0.388 e. The largest absolute Gasteiger partial charge is 0.475 e. The second-order valence-corrected chi connectivity index (χ2v) is 9.99. The van der Waals surface area contributed by atoms with Crippen LogP contribution >= 0.6 is 0 Å². The first-order valence-electron chi connectivity index (χ1n) is 12.8. The molecule has 0 spiro atoms. The maximum Gasteiger partial charge on any atom is 0.388 e. The highest BCUT2D eigenvalue weighted by molar-refractivity contribution is 5.85. The molecule has 6 heteroatoms. The molecule has 1 unspecified atom stereocenters. The number of amides is 1. The highest BCUT2D eigenvalue weighted by atomic mass is 16.4. The van der Waals surface area contributed by atoms with Gasteiger partial charge in [0.1, 0.15) is 0 Å². The molecule has 6 nitrogen and oxygen atoms in total. The molecule has 0 aromatic carbocycles. The molecule has 0 saturated carbocycles. The summed E-state index contributed by atoms with van der Waals surface area (Å²) in [5.74, 6) is -1.15. The summed E-state index contributed by atoms with van der Waals surface area (Å²) in [7, 11) is 5.44. The van der Waals surface area contributed by atoms with Crippen molar-refractivity contribution in [3.8, 4) is 0 Å². The van der Waals surface area contributed by atoms with E-state index in [4.69, 9.17) is 0 Å². The van der Waals surface area contributed by atoms with Crippen molar-refractivity contribution in [3.63, 3.8) is 0 Å². The fourth-order valence-electron chi connectivity index (χ4n) is 4.04. The molecule has 3 N–H and O–H groups in total. The van der Waals surface area contributed by atoms with Crippen LogP contribution in [-0.2, 0) is 9.59 Å². The van der Waals surface area contributed by atoms with Gasteiger partial charge in [-0.15, -0.1) is 0 Å². The molecule has 2 atom stereocenters. The molecule has 0 bridgehead atoms. The molecule has 0 aliphatic rings. The first kappa shape index (κ1) is 30.6. The van der Waals surface area contributed by atoms with Gasteiger partial charge in [-0.05, 0) is 38.5 Å². The molecule has 0 rings (SSSR count). The predicted octanol–water partition coefficient (Wildman–Crippen LogP) is 5.40. The number of rotatable bonds is 20. The van der Waals surface area contributed by atoms with Gasteiger partial charge in [-0.25, -0.2) is 4.79 Å². The maximum absolute atomic E-state index is 12.4. The van der Waals surface area contributed by atoms with Crippen LogP contribution in [0.25, 0.3) is 0 Å². The van der Waals surface area contributed by atoms with Crippen LogP contribution in [0, 0.1) is 0 Å². The minimum atomic E-state index is -1.28. The normalized spacial score (nSPS) is 14.9. The zero-order chi connectivity index (χ0) is 24.5. The SMILES string of the molecule is CCCCCC[C@@H](O)C/C=C\CCCCCCCC(=O)NC(CCC)(C(=O)O)[N+](C)(C)C. The lowest BCUT2D eigenvalue weighted by Crippen LogP contribution is -2.71. The van der Waals surface area contributed by atoms with Gasteiger partial charge in [0.25, 0.3) is 5.66 Å². The standard InChI is InChI=1S/C26H50N2O4/c1-6-8-9-16-19-23(29)20-17-14-12-10-11-13-15-18-21-24(30)27-26(22-7-2,25(31)32)28(3,4)5/h14,17,23,29H,6-13,15-16,18-22H2,1-5H3,(H-,27,30,31,32)/p+1/b17-14-/t23-,26?/m1/s1. The van der Waals surface area contributed by atoms with Crippen LogP contribution in [0.15, 0.2) is 12.2 Å². The second-order valence-electron chi connectivity index (χ2n) is 9.99. The van der Waals surface area contributed by atoms with Crippen LogP contribution in [-0.4, -0.2) is 59.5 Å². The zero-order valence-corrected chi connectivity index (χ0v) is 21.5. The molecule has 0 fully saturated rings. The van der Waals surface area contributed by atoms with Gasteiger partial charge in [0.15, 0.2) is 0 Å². The summed E-state index contributed by atoms with van der Waals surface area (Å²) in [6.45, 7) is 4.13. The summed E-state index contributed by atoms with van der Waals surface area (Å²) in [6.07, 6.45) is 18.1. The molecule has 0 aromatic heterocycles. The third kappa shape index (κ3) is 12.6. The highest BCUT2D eigenvalue weighted by Gasteiger charge is 2.51. The molecule has 188 valence electrons. The number of carbonyl (C=O) groups excluding carboxylic acids is 1. The quantitative estimate of drug-likeness (QED) is 0.0993. The van der Waals surface area contributed by atoms with E-state index in [1.54, 1.807) is 0 Å². The Labute approximate surface area is 197 Å². The first-order chi connectivity index (χ1) is 15.1. The Morgan fingerprint density at radius 3 is 2.12 bits per heavy atom. The Kier molecular flexibility index (Phi) is 16.4. The minimum absolute atomic E-state index is 0.158. The van der Waals surface area contributed by atoms with E-state index in [1.807, 2.05) is 28.1 Å². The summed E-state index contributed by atoms with van der Waals surface area (Å²) in [5.41, 5.74) is -1.28.